The van der Waals surface area contributed by atoms with E-state index in [0.29, 0.717) is 31.1 Å². The summed E-state index contributed by atoms with van der Waals surface area (Å²) in [6.45, 7) is 2.21. The number of nitrogens with zero attached hydrogens (tertiary/aromatic N) is 1. The summed E-state index contributed by atoms with van der Waals surface area (Å²) in [6, 6.07) is 7.71. The summed E-state index contributed by atoms with van der Waals surface area (Å²) < 4.78 is 25.5. The molecule has 1 fully saturated rings. The number of amides is 1. The molecule has 23 heavy (non-hydrogen) atoms. The number of hydrogen-bond acceptors (Lipinski definition) is 3. The molecule has 0 saturated heterocycles. The van der Waals surface area contributed by atoms with Crippen molar-refractivity contribution in [2.45, 2.75) is 51.5 Å². The second kappa shape index (κ2) is 7.81. The number of hydrogen-bond donors (Lipinski definition) is 1. The van der Waals surface area contributed by atoms with Crippen LogP contribution in [0, 0.1) is 6.92 Å². The van der Waals surface area contributed by atoms with E-state index in [4.69, 9.17) is 0 Å². The molecule has 0 heterocycles. The van der Waals surface area contributed by atoms with E-state index in [0.717, 1.165) is 18.4 Å². The maximum atomic E-state index is 12.1. The van der Waals surface area contributed by atoms with E-state index in [-0.39, 0.29) is 5.91 Å². The third kappa shape index (κ3) is 5.23. The molecule has 1 saturated carbocycles. The van der Waals surface area contributed by atoms with Gasteiger partial charge in [0.25, 0.3) is 0 Å². The first-order valence-corrected chi connectivity index (χ1v) is 10.1. The average molecular weight is 338 g/mol. The molecule has 1 aliphatic carbocycles. The quantitative estimate of drug-likeness (QED) is 0.831. The molecule has 0 spiro atoms. The number of aryl methyl sites for hydroxylation is 1. The highest BCUT2D eigenvalue weighted by Gasteiger charge is 2.20. The number of para-hydroxylation sites is 1. The van der Waals surface area contributed by atoms with Crippen molar-refractivity contribution in [3.63, 3.8) is 0 Å². The lowest BCUT2D eigenvalue weighted by Crippen LogP contribution is -2.35. The fourth-order valence-electron chi connectivity index (χ4n) is 3.06. The van der Waals surface area contributed by atoms with Crippen LogP contribution in [0.2, 0.25) is 0 Å². The van der Waals surface area contributed by atoms with E-state index in [1.807, 2.05) is 25.1 Å². The van der Waals surface area contributed by atoms with Gasteiger partial charge in [-0.15, -0.1) is 0 Å². The minimum atomic E-state index is -3.36. The van der Waals surface area contributed by atoms with Crippen LogP contribution in [0.5, 0.6) is 0 Å². The fourth-order valence-corrected chi connectivity index (χ4v) is 4.08. The van der Waals surface area contributed by atoms with Gasteiger partial charge in [0.05, 0.1) is 11.9 Å². The van der Waals surface area contributed by atoms with Gasteiger partial charge in [-0.1, -0.05) is 31.0 Å². The van der Waals surface area contributed by atoms with Crippen LogP contribution in [-0.2, 0) is 14.8 Å². The molecule has 0 aromatic heterocycles. The van der Waals surface area contributed by atoms with Crippen LogP contribution in [-0.4, -0.2) is 33.2 Å². The van der Waals surface area contributed by atoms with Crippen LogP contribution in [0.25, 0.3) is 0 Å². The van der Waals surface area contributed by atoms with Gasteiger partial charge in [0.2, 0.25) is 15.9 Å². The van der Waals surface area contributed by atoms with Crippen molar-refractivity contribution in [3.05, 3.63) is 29.8 Å². The number of carbonyl (C=O) groups is 1. The molecule has 1 aromatic carbocycles. The molecule has 1 aliphatic rings. The first kappa shape index (κ1) is 17.8. The van der Waals surface area contributed by atoms with E-state index in [1.54, 1.807) is 6.07 Å². The number of sulfonamides is 1. The maximum Gasteiger partial charge on any atom is 0.232 e. The molecule has 0 aliphatic heterocycles. The maximum absolute atomic E-state index is 12.1. The van der Waals surface area contributed by atoms with E-state index >= 15 is 0 Å². The van der Waals surface area contributed by atoms with Crippen LogP contribution in [0.1, 0.15) is 44.1 Å². The van der Waals surface area contributed by atoms with Crippen molar-refractivity contribution >= 4 is 21.6 Å². The Bertz CT molecular complexity index is 637. The van der Waals surface area contributed by atoms with Gasteiger partial charge in [-0.05, 0) is 37.8 Å². The van der Waals surface area contributed by atoms with E-state index in [2.05, 4.69) is 5.32 Å². The Kier molecular flexibility index (Phi) is 6.04. The van der Waals surface area contributed by atoms with Gasteiger partial charge in [-0.2, -0.15) is 0 Å². The predicted molar refractivity (Wildman–Crippen MR) is 93.0 cm³/mol. The Morgan fingerprint density at radius 3 is 2.52 bits per heavy atom. The van der Waals surface area contributed by atoms with Crippen LogP contribution < -0.4 is 9.62 Å². The summed E-state index contributed by atoms with van der Waals surface area (Å²) >= 11 is 0. The first-order valence-electron chi connectivity index (χ1n) is 8.20. The lowest BCUT2D eigenvalue weighted by Gasteiger charge is -2.24. The Morgan fingerprint density at radius 1 is 1.26 bits per heavy atom. The number of rotatable bonds is 7. The minimum absolute atomic E-state index is 0.0233. The molecule has 0 unspecified atom stereocenters. The van der Waals surface area contributed by atoms with Crippen LogP contribution >= 0.6 is 0 Å². The van der Waals surface area contributed by atoms with Gasteiger partial charge in [-0.3, -0.25) is 9.10 Å². The lowest BCUT2D eigenvalue weighted by atomic mass is 10.2. The third-order valence-corrected chi connectivity index (χ3v) is 5.45. The zero-order chi connectivity index (χ0) is 16.9. The largest absolute Gasteiger partial charge is 0.353 e. The molecule has 0 atom stereocenters. The predicted octanol–water partition coefficient (Wildman–Crippen LogP) is 2.60. The monoisotopic (exact) mass is 338 g/mol. The number of nitrogens with one attached hydrogen (secondary N) is 1. The first-order chi connectivity index (χ1) is 10.9. The second-order valence-electron chi connectivity index (χ2n) is 6.27. The van der Waals surface area contributed by atoms with E-state index in [1.165, 1.54) is 23.4 Å². The highest BCUT2D eigenvalue weighted by Crippen LogP contribution is 2.22. The van der Waals surface area contributed by atoms with Crippen molar-refractivity contribution in [3.8, 4) is 0 Å². The van der Waals surface area contributed by atoms with Crippen molar-refractivity contribution in [2.24, 2.45) is 0 Å². The van der Waals surface area contributed by atoms with Gasteiger partial charge >= 0.3 is 0 Å². The second-order valence-corrected chi connectivity index (χ2v) is 8.18. The number of benzene rings is 1. The zero-order valence-electron chi connectivity index (χ0n) is 13.9. The summed E-state index contributed by atoms with van der Waals surface area (Å²) in [6.07, 6.45) is 6.56. The Morgan fingerprint density at radius 2 is 1.91 bits per heavy atom. The highest BCUT2D eigenvalue weighted by atomic mass is 32.2. The van der Waals surface area contributed by atoms with Crippen LogP contribution in [0.4, 0.5) is 5.69 Å². The standard InChI is InChI=1S/C17H26N2O3S/c1-14-8-3-6-11-16(14)19(23(2,21)22)13-7-12-17(20)18-15-9-4-5-10-15/h3,6,8,11,15H,4-5,7,9-10,12-13H2,1-2H3,(H,18,20). The van der Waals surface area contributed by atoms with Gasteiger partial charge < -0.3 is 5.32 Å². The molecule has 6 heteroatoms. The zero-order valence-corrected chi connectivity index (χ0v) is 14.7. The molecular formula is C17H26N2O3S. The van der Waals surface area contributed by atoms with Crippen molar-refractivity contribution in [1.29, 1.82) is 0 Å². The van der Waals surface area contributed by atoms with Crippen LogP contribution in [0.3, 0.4) is 0 Å². The SMILES string of the molecule is Cc1ccccc1N(CCCC(=O)NC1CCCC1)S(C)(=O)=O. The van der Waals surface area contributed by atoms with Gasteiger partial charge in [-0.25, -0.2) is 8.42 Å². The van der Waals surface area contributed by atoms with Gasteiger partial charge in [0.15, 0.2) is 0 Å². The Balaban J connectivity index is 1.92. The summed E-state index contributed by atoms with van der Waals surface area (Å²) in [5, 5.41) is 3.04. The molecule has 128 valence electrons. The fraction of sp³-hybridized carbons (Fsp3) is 0.588. The van der Waals surface area contributed by atoms with E-state index in [9.17, 15) is 13.2 Å². The Labute approximate surface area is 139 Å². The molecular weight excluding hydrogens is 312 g/mol. The summed E-state index contributed by atoms with van der Waals surface area (Å²) in [5.74, 6) is 0.0233. The van der Waals surface area contributed by atoms with Gasteiger partial charge in [0.1, 0.15) is 0 Å². The number of anilines is 1. The molecule has 1 aromatic rings. The smallest absolute Gasteiger partial charge is 0.232 e. The molecule has 1 amide bonds. The summed E-state index contributed by atoms with van der Waals surface area (Å²) in [4.78, 5) is 12.0. The minimum Gasteiger partial charge on any atom is -0.353 e. The topological polar surface area (TPSA) is 66.5 Å². The number of carbonyl (C=O) groups excluding carboxylic acids is 1. The molecule has 0 bridgehead atoms. The lowest BCUT2D eigenvalue weighted by molar-refractivity contribution is -0.121. The van der Waals surface area contributed by atoms with Gasteiger partial charge in [0, 0.05) is 19.0 Å². The van der Waals surface area contributed by atoms with Crippen molar-refractivity contribution in [1.82, 2.24) is 5.32 Å². The molecule has 1 N–H and O–H groups in total. The average Bonchev–Trinajstić information content (AvgIpc) is 2.96. The van der Waals surface area contributed by atoms with Crippen molar-refractivity contribution in [2.75, 3.05) is 17.1 Å². The van der Waals surface area contributed by atoms with Crippen LogP contribution in [0.15, 0.2) is 24.3 Å². The highest BCUT2D eigenvalue weighted by molar-refractivity contribution is 7.92. The molecule has 2 rings (SSSR count). The summed E-state index contributed by atoms with van der Waals surface area (Å²) in [7, 11) is -3.36. The molecule has 0 radical (unpaired) electrons. The summed E-state index contributed by atoms with van der Waals surface area (Å²) in [5.41, 5.74) is 1.60. The Hall–Kier alpha value is -1.56. The van der Waals surface area contributed by atoms with E-state index < -0.39 is 10.0 Å². The molecule has 5 nitrogen and oxygen atoms in total. The normalized spacial score (nSPS) is 15.6. The third-order valence-electron chi connectivity index (χ3n) is 4.27. The van der Waals surface area contributed by atoms with Crippen molar-refractivity contribution < 1.29 is 13.2 Å².